The first-order valence-electron chi connectivity index (χ1n) is 6.15. The Kier molecular flexibility index (Phi) is 2.86. The fourth-order valence-electron chi connectivity index (χ4n) is 2.33. The number of hydrogen-bond donors (Lipinski definition) is 1. The molecule has 0 amide bonds. The highest BCUT2D eigenvalue weighted by atomic mass is 16.5. The predicted molar refractivity (Wildman–Crippen MR) is 69.1 cm³/mol. The van der Waals surface area contributed by atoms with Crippen molar-refractivity contribution in [2.45, 2.75) is 13.5 Å². The van der Waals surface area contributed by atoms with Crippen LogP contribution in [0.4, 0.5) is 0 Å². The third-order valence-electron chi connectivity index (χ3n) is 3.26. The van der Waals surface area contributed by atoms with E-state index in [1.807, 2.05) is 0 Å². The largest absolute Gasteiger partial charge is 0.507 e. The van der Waals surface area contributed by atoms with Gasteiger partial charge in [0.25, 0.3) is 0 Å². The fraction of sp³-hybridized carbons (Fsp3) is 0.133. The minimum absolute atomic E-state index is 0.0373. The lowest BCUT2D eigenvalue weighted by atomic mass is 9.85. The van der Waals surface area contributed by atoms with E-state index in [0.29, 0.717) is 0 Å². The molecular weight excluding hydrogens is 276 g/mol. The van der Waals surface area contributed by atoms with Crippen molar-refractivity contribution in [2.24, 2.45) is 0 Å². The second kappa shape index (κ2) is 4.59. The molecule has 1 aliphatic carbocycles. The van der Waals surface area contributed by atoms with Crippen molar-refractivity contribution in [2.75, 3.05) is 0 Å². The van der Waals surface area contributed by atoms with Crippen LogP contribution in [0.2, 0.25) is 0 Å². The van der Waals surface area contributed by atoms with Crippen LogP contribution in [-0.2, 0) is 16.1 Å². The summed E-state index contributed by atoms with van der Waals surface area (Å²) >= 11 is 0. The number of ether oxygens (including phenoxy) is 1. The molecule has 6 heteroatoms. The number of aromatic hydroxyl groups is 1. The average Bonchev–Trinajstić information content (AvgIpc) is 2.86. The first-order valence-corrected chi connectivity index (χ1v) is 6.15. The number of esters is 1. The van der Waals surface area contributed by atoms with Crippen LogP contribution in [0.15, 0.2) is 28.9 Å². The van der Waals surface area contributed by atoms with E-state index in [1.165, 1.54) is 31.4 Å². The van der Waals surface area contributed by atoms with E-state index < -0.39 is 17.5 Å². The number of benzene rings is 1. The molecule has 0 unspecified atom stereocenters. The zero-order valence-electron chi connectivity index (χ0n) is 11.0. The van der Waals surface area contributed by atoms with Gasteiger partial charge < -0.3 is 14.3 Å². The third-order valence-corrected chi connectivity index (χ3v) is 3.26. The molecule has 3 rings (SSSR count). The van der Waals surface area contributed by atoms with Crippen molar-refractivity contribution in [3.05, 3.63) is 52.5 Å². The lowest BCUT2D eigenvalue weighted by Gasteiger charge is -2.15. The van der Waals surface area contributed by atoms with Gasteiger partial charge in [0.2, 0.25) is 5.78 Å². The van der Waals surface area contributed by atoms with Crippen molar-refractivity contribution < 1.29 is 28.6 Å². The molecule has 2 aromatic rings. The first kappa shape index (κ1) is 13.1. The van der Waals surface area contributed by atoms with Gasteiger partial charge in [0, 0.05) is 12.5 Å². The smallest absolute Gasteiger partial charge is 0.303 e. The quantitative estimate of drug-likeness (QED) is 0.722. The molecular formula is C15H10O6. The number of furan rings is 1. The normalized spacial score (nSPS) is 12.8. The summed E-state index contributed by atoms with van der Waals surface area (Å²) < 4.78 is 9.97. The Hall–Kier alpha value is -2.89. The summed E-state index contributed by atoms with van der Waals surface area (Å²) in [5.41, 5.74) is 0.225. The maximum absolute atomic E-state index is 12.5. The summed E-state index contributed by atoms with van der Waals surface area (Å²) in [5.74, 6) is -1.64. The Morgan fingerprint density at radius 3 is 2.67 bits per heavy atom. The summed E-state index contributed by atoms with van der Waals surface area (Å²) in [4.78, 5) is 35.7. The van der Waals surface area contributed by atoms with E-state index in [-0.39, 0.29) is 40.4 Å². The standard InChI is InChI=1S/C15H10O6/c1-7(16)20-6-11-13-9(5-21-11)14(18)8-3-2-4-10(17)12(8)15(13)19/h2-5,17H,6H2,1H3. The van der Waals surface area contributed by atoms with Crippen LogP contribution in [0.3, 0.4) is 0 Å². The van der Waals surface area contributed by atoms with Crippen LogP contribution in [-0.4, -0.2) is 22.6 Å². The van der Waals surface area contributed by atoms with Crippen LogP contribution < -0.4 is 0 Å². The molecule has 0 fully saturated rings. The second-order valence-corrected chi connectivity index (χ2v) is 4.59. The van der Waals surface area contributed by atoms with Crippen molar-refractivity contribution >= 4 is 17.5 Å². The van der Waals surface area contributed by atoms with E-state index in [0.717, 1.165) is 0 Å². The zero-order valence-corrected chi connectivity index (χ0v) is 11.0. The lowest BCUT2D eigenvalue weighted by molar-refractivity contribution is -0.142. The van der Waals surface area contributed by atoms with Gasteiger partial charge in [0.15, 0.2) is 11.5 Å². The highest BCUT2D eigenvalue weighted by Crippen LogP contribution is 2.35. The first-order chi connectivity index (χ1) is 10.0. The summed E-state index contributed by atoms with van der Waals surface area (Å²) in [7, 11) is 0. The van der Waals surface area contributed by atoms with Crippen molar-refractivity contribution in [3.8, 4) is 5.75 Å². The van der Waals surface area contributed by atoms with Crippen LogP contribution >= 0.6 is 0 Å². The molecule has 1 aliphatic rings. The molecule has 0 atom stereocenters. The molecule has 0 spiro atoms. The summed E-state index contributed by atoms with van der Waals surface area (Å²) in [6.45, 7) is 0.982. The van der Waals surface area contributed by atoms with Gasteiger partial charge in [0.05, 0.1) is 16.7 Å². The number of carbonyl (C=O) groups is 3. The molecule has 1 N–H and O–H groups in total. The topological polar surface area (TPSA) is 93.8 Å². The number of hydrogen-bond acceptors (Lipinski definition) is 6. The molecule has 1 aromatic carbocycles. The van der Waals surface area contributed by atoms with Gasteiger partial charge >= 0.3 is 5.97 Å². The van der Waals surface area contributed by atoms with Crippen LogP contribution in [0.25, 0.3) is 0 Å². The Morgan fingerprint density at radius 2 is 1.95 bits per heavy atom. The van der Waals surface area contributed by atoms with Gasteiger partial charge in [-0.2, -0.15) is 0 Å². The molecule has 0 saturated carbocycles. The Balaban J connectivity index is 2.13. The van der Waals surface area contributed by atoms with Crippen LogP contribution in [0, 0.1) is 0 Å². The minimum atomic E-state index is -0.530. The molecule has 0 saturated heterocycles. The molecule has 0 aliphatic heterocycles. The summed E-state index contributed by atoms with van der Waals surface area (Å²) in [6.07, 6.45) is 1.17. The summed E-state index contributed by atoms with van der Waals surface area (Å²) in [6, 6.07) is 4.29. The maximum atomic E-state index is 12.5. The number of carbonyl (C=O) groups excluding carboxylic acids is 3. The number of ketones is 2. The van der Waals surface area contributed by atoms with E-state index in [4.69, 9.17) is 9.15 Å². The SMILES string of the molecule is CC(=O)OCc1occ2c1C(=O)c1c(O)cccc1C2=O. The highest BCUT2D eigenvalue weighted by Gasteiger charge is 2.36. The molecule has 1 aromatic heterocycles. The fourth-order valence-corrected chi connectivity index (χ4v) is 2.33. The number of rotatable bonds is 2. The number of fused-ring (bicyclic) bond motifs is 2. The number of phenolic OH excluding ortho intramolecular Hbond substituents is 1. The highest BCUT2D eigenvalue weighted by molar-refractivity contribution is 6.29. The van der Waals surface area contributed by atoms with Gasteiger partial charge in [-0.05, 0) is 6.07 Å². The Labute approximate surface area is 118 Å². The lowest BCUT2D eigenvalue weighted by Crippen LogP contribution is -2.20. The Bertz CT molecular complexity index is 783. The monoisotopic (exact) mass is 286 g/mol. The van der Waals surface area contributed by atoms with Gasteiger partial charge in [-0.25, -0.2) is 0 Å². The minimum Gasteiger partial charge on any atom is -0.507 e. The van der Waals surface area contributed by atoms with Crippen molar-refractivity contribution in [1.82, 2.24) is 0 Å². The van der Waals surface area contributed by atoms with Gasteiger partial charge in [-0.15, -0.1) is 0 Å². The number of phenols is 1. The predicted octanol–water partition coefficient (Wildman–Crippen LogP) is 1.82. The van der Waals surface area contributed by atoms with E-state index in [1.54, 1.807) is 0 Å². The molecule has 6 nitrogen and oxygen atoms in total. The summed E-state index contributed by atoms with van der Waals surface area (Å²) in [5, 5.41) is 9.83. The average molecular weight is 286 g/mol. The van der Waals surface area contributed by atoms with Crippen LogP contribution in [0.1, 0.15) is 44.5 Å². The van der Waals surface area contributed by atoms with Gasteiger partial charge in [0.1, 0.15) is 18.6 Å². The molecule has 1 heterocycles. The zero-order chi connectivity index (χ0) is 15.1. The van der Waals surface area contributed by atoms with E-state index >= 15 is 0 Å². The molecule has 0 radical (unpaired) electrons. The van der Waals surface area contributed by atoms with E-state index in [2.05, 4.69) is 0 Å². The van der Waals surface area contributed by atoms with Crippen molar-refractivity contribution in [1.29, 1.82) is 0 Å². The van der Waals surface area contributed by atoms with E-state index in [9.17, 15) is 19.5 Å². The van der Waals surface area contributed by atoms with Crippen molar-refractivity contribution in [3.63, 3.8) is 0 Å². The second-order valence-electron chi connectivity index (χ2n) is 4.59. The maximum Gasteiger partial charge on any atom is 0.303 e. The van der Waals surface area contributed by atoms with Gasteiger partial charge in [-0.3, -0.25) is 14.4 Å². The van der Waals surface area contributed by atoms with Gasteiger partial charge in [-0.1, -0.05) is 12.1 Å². The molecule has 21 heavy (non-hydrogen) atoms. The van der Waals surface area contributed by atoms with Crippen LogP contribution in [0.5, 0.6) is 5.75 Å². The molecule has 0 bridgehead atoms. The molecule has 106 valence electrons. The third kappa shape index (κ3) is 1.92. The Morgan fingerprint density at radius 1 is 1.19 bits per heavy atom.